The van der Waals surface area contributed by atoms with Crippen LogP contribution in [0, 0.1) is 23.0 Å². The van der Waals surface area contributed by atoms with Gasteiger partial charge in [0.2, 0.25) is 0 Å². The summed E-state index contributed by atoms with van der Waals surface area (Å²) in [5.41, 5.74) is 6.04. The number of nitrogens with zero attached hydrogens (tertiary/aromatic N) is 1. The van der Waals surface area contributed by atoms with Crippen molar-refractivity contribution in [1.82, 2.24) is 0 Å². The van der Waals surface area contributed by atoms with Gasteiger partial charge in [-0.25, -0.2) is 8.78 Å². The van der Waals surface area contributed by atoms with E-state index in [2.05, 4.69) is 6.07 Å². The minimum absolute atomic E-state index is 0.218. The third kappa shape index (κ3) is 3.02. The van der Waals surface area contributed by atoms with Gasteiger partial charge in [0.1, 0.15) is 11.6 Å². The minimum atomic E-state index is -0.441. The summed E-state index contributed by atoms with van der Waals surface area (Å²) in [6, 6.07) is 16.9. The van der Waals surface area contributed by atoms with Gasteiger partial charge in [0, 0.05) is 17.5 Å². The van der Waals surface area contributed by atoms with Gasteiger partial charge in [-0.05, 0) is 58.9 Å². The van der Waals surface area contributed by atoms with Crippen molar-refractivity contribution in [2.24, 2.45) is 0 Å². The Balaban J connectivity index is 1.73. The number of halogens is 2. The van der Waals surface area contributed by atoms with Gasteiger partial charge in [-0.3, -0.25) is 0 Å². The van der Waals surface area contributed by atoms with Crippen molar-refractivity contribution >= 4 is 0 Å². The number of hydrogen-bond acceptors (Lipinski definition) is 1. The molecule has 0 bridgehead atoms. The van der Waals surface area contributed by atoms with E-state index in [0.717, 1.165) is 35.1 Å². The summed E-state index contributed by atoms with van der Waals surface area (Å²) in [7, 11) is 0. The van der Waals surface area contributed by atoms with Gasteiger partial charge in [-0.15, -0.1) is 0 Å². The molecule has 0 amide bonds. The Bertz CT molecular complexity index is 1060. The molecule has 0 spiro atoms. The van der Waals surface area contributed by atoms with Gasteiger partial charge >= 0.3 is 0 Å². The first-order valence-electron chi connectivity index (χ1n) is 9.26. The van der Waals surface area contributed by atoms with Crippen LogP contribution >= 0.6 is 0 Å². The Kier molecular flexibility index (Phi) is 4.49. The van der Waals surface area contributed by atoms with Gasteiger partial charge in [0.05, 0.1) is 11.6 Å². The molecule has 3 aromatic rings. The SMILES string of the molecule is CCCCc1c(F)cc2c(c1F)Cc1cc(-c3ccc(C#N)cc3)ccc1-2. The number of benzene rings is 3. The molecule has 1 aliphatic rings. The molecule has 0 radical (unpaired) electrons. The molecular formula is C24H19F2N. The summed E-state index contributed by atoms with van der Waals surface area (Å²) < 4.78 is 29.4. The first-order chi connectivity index (χ1) is 13.1. The van der Waals surface area contributed by atoms with Crippen LogP contribution < -0.4 is 0 Å². The minimum Gasteiger partial charge on any atom is -0.207 e. The summed E-state index contributed by atoms with van der Waals surface area (Å²) >= 11 is 0. The monoisotopic (exact) mass is 359 g/mol. The molecule has 0 unspecified atom stereocenters. The van der Waals surface area contributed by atoms with E-state index in [-0.39, 0.29) is 11.4 Å². The predicted octanol–water partition coefficient (Wildman–Crippen LogP) is 6.42. The summed E-state index contributed by atoms with van der Waals surface area (Å²) in [4.78, 5) is 0. The van der Waals surface area contributed by atoms with Crippen molar-refractivity contribution in [3.63, 3.8) is 0 Å². The second-order valence-corrected chi connectivity index (χ2v) is 7.02. The molecule has 3 heteroatoms. The molecule has 0 saturated carbocycles. The zero-order valence-electron chi connectivity index (χ0n) is 15.2. The van der Waals surface area contributed by atoms with Crippen LogP contribution in [0.25, 0.3) is 22.3 Å². The van der Waals surface area contributed by atoms with E-state index in [4.69, 9.17) is 5.26 Å². The first kappa shape index (κ1) is 17.4. The molecule has 1 aliphatic carbocycles. The van der Waals surface area contributed by atoms with Crippen LogP contribution in [-0.4, -0.2) is 0 Å². The van der Waals surface area contributed by atoms with E-state index < -0.39 is 5.82 Å². The number of nitriles is 1. The van der Waals surface area contributed by atoms with Crippen molar-refractivity contribution in [1.29, 1.82) is 5.26 Å². The van der Waals surface area contributed by atoms with Crippen LogP contribution in [-0.2, 0) is 12.8 Å². The zero-order chi connectivity index (χ0) is 19.0. The highest BCUT2D eigenvalue weighted by Crippen LogP contribution is 2.41. The van der Waals surface area contributed by atoms with Crippen LogP contribution in [0.3, 0.4) is 0 Å². The highest BCUT2D eigenvalue weighted by molar-refractivity contribution is 5.80. The second kappa shape index (κ2) is 6.96. The van der Waals surface area contributed by atoms with E-state index >= 15 is 0 Å². The van der Waals surface area contributed by atoms with Crippen molar-refractivity contribution in [2.45, 2.75) is 32.6 Å². The normalized spacial score (nSPS) is 11.8. The lowest BCUT2D eigenvalue weighted by Gasteiger charge is -2.09. The van der Waals surface area contributed by atoms with Gasteiger partial charge < -0.3 is 0 Å². The van der Waals surface area contributed by atoms with Crippen molar-refractivity contribution in [2.75, 3.05) is 0 Å². The molecule has 0 heterocycles. The quantitative estimate of drug-likeness (QED) is 0.412. The highest BCUT2D eigenvalue weighted by atomic mass is 19.1. The average Bonchev–Trinajstić information content (AvgIpc) is 3.06. The lowest BCUT2D eigenvalue weighted by atomic mass is 9.97. The largest absolute Gasteiger partial charge is 0.207 e. The van der Waals surface area contributed by atoms with E-state index in [0.29, 0.717) is 29.5 Å². The fourth-order valence-corrected chi connectivity index (χ4v) is 3.81. The number of fused-ring (bicyclic) bond motifs is 3. The van der Waals surface area contributed by atoms with Gasteiger partial charge in [-0.2, -0.15) is 5.26 Å². The zero-order valence-corrected chi connectivity index (χ0v) is 15.2. The maximum absolute atomic E-state index is 15.0. The summed E-state index contributed by atoms with van der Waals surface area (Å²) in [5.74, 6) is -0.821. The molecule has 1 nitrogen and oxygen atoms in total. The highest BCUT2D eigenvalue weighted by Gasteiger charge is 2.26. The third-order valence-electron chi connectivity index (χ3n) is 5.30. The molecule has 27 heavy (non-hydrogen) atoms. The van der Waals surface area contributed by atoms with Crippen molar-refractivity contribution in [3.05, 3.63) is 82.4 Å². The Labute approximate surface area is 157 Å². The molecule has 134 valence electrons. The Morgan fingerprint density at radius 3 is 2.41 bits per heavy atom. The molecule has 0 aromatic heterocycles. The summed E-state index contributed by atoms with van der Waals surface area (Å²) in [5, 5.41) is 8.93. The summed E-state index contributed by atoms with van der Waals surface area (Å²) in [6.07, 6.45) is 2.61. The molecular weight excluding hydrogens is 340 g/mol. The summed E-state index contributed by atoms with van der Waals surface area (Å²) in [6.45, 7) is 2.02. The molecule has 0 saturated heterocycles. The lowest BCUT2D eigenvalue weighted by molar-refractivity contribution is 0.543. The van der Waals surface area contributed by atoms with Crippen molar-refractivity contribution < 1.29 is 8.78 Å². The van der Waals surface area contributed by atoms with Crippen LogP contribution in [0.4, 0.5) is 8.78 Å². The van der Waals surface area contributed by atoms with Crippen LogP contribution in [0.1, 0.15) is 42.0 Å². The first-order valence-corrected chi connectivity index (χ1v) is 9.26. The maximum atomic E-state index is 15.0. The van der Waals surface area contributed by atoms with Gasteiger partial charge in [-0.1, -0.05) is 43.7 Å². The van der Waals surface area contributed by atoms with E-state index in [1.807, 2.05) is 37.3 Å². The Hall–Kier alpha value is -2.99. The van der Waals surface area contributed by atoms with Gasteiger partial charge in [0.25, 0.3) is 0 Å². The van der Waals surface area contributed by atoms with E-state index in [9.17, 15) is 8.78 Å². The molecule has 0 aliphatic heterocycles. The smallest absolute Gasteiger partial charge is 0.133 e. The predicted molar refractivity (Wildman–Crippen MR) is 103 cm³/mol. The number of rotatable bonds is 4. The van der Waals surface area contributed by atoms with Crippen LogP contribution in [0.5, 0.6) is 0 Å². The van der Waals surface area contributed by atoms with Gasteiger partial charge in [0.15, 0.2) is 0 Å². The van der Waals surface area contributed by atoms with E-state index in [1.165, 1.54) is 6.07 Å². The van der Waals surface area contributed by atoms with Crippen molar-refractivity contribution in [3.8, 4) is 28.3 Å². The van der Waals surface area contributed by atoms with Crippen LogP contribution in [0.2, 0.25) is 0 Å². The topological polar surface area (TPSA) is 23.8 Å². The molecule has 3 aromatic carbocycles. The molecule has 0 atom stereocenters. The standard InChI is InChI=1S/C24H19F2N/c1-2-3-4-20-23(25)13-21-19-10-9-17(11-18(19)12-22(21)24(20)26)16-7-5-15(14-27)6-8-16/h5-11,13H,2-4,12H2,1H3. The maximum Gasteiger partial charge on any atom is 0.133 e. The Morgan fingerprint density at radius 1 is 0.963 bits per heavy atom. The molecule has 0 fully saturated rings. The molecule has 4 rings (SSSR count). The second-order valence-electron chi connectivity index (χ2n) is 7.02. The lowest BCUT2D eigenvalue weighted by Crippen LogP contribution is -2.00. The van der Waals surface area contributed by atoms with Crippen LogP contribution in [0.15, 0.2) is 48.5 Å². The molecule has 0 N–H and O–H groups in total. The Morgan fingerprint density at radius 2 is 1.70 bits per heavy atom. The van der Waals surface area contributed by atoms with E-state index in [1.54, 1.807) is 12.1 Å². The number of unbranched alkanes of at least 4 members (excludes halogenated alkanes) is 1. The number of hydrogen-bond donors (Lipinski definition) is 0. The third-order valence-corrected chi connectivity index (χ3v) is 5.30. The fourth-order valence-electron chi connectivity index (χ4n) is 3.81. The fraction of sp³-hybridized carbons (Fsp3) is 0.208. The average molecular weight is 359 g/mol.